The van der Waals surface area contributed by atoms with E-state index in [9.17, 15) is 0 Å². The van der Waals surface area contributed by atoms with Crippen molar-refractivity contribution in [1.29, 1.82) is 0 Å². The summed E-state index contributed by atoms with van der Waals surface area (Å²) in [7, 11) is 1.65. The van der Waals surface area contributed by atoms with Crippen molar-refractivity contribution >= 4 is 16.5 Å². The van der Waals surface area contributed by atoms with Crippen molar-refractivity contribution < 1.29 is 4.74 Å². The third-order valence-corrected chi connectivity index (χ3v) is 1.90. The van der Waals surface area contributed by atoms with Crippen LogP contribution in [-0.2, 0) is 11.3 Å². The van der Waals surface area contributed by atoms with Gasteiger partial charge in [-0.15, -0.1) is 5.10 Å². The molecule has 5 heteroatoms. The Morgan fingerprint density at radius 2 is 2.45 bits per heavy atom. The summed E-state index contributed by atoms with van der Waals surface area (Å²) in [6, 6.07) is 0. The first kappa shape index (κ1) is 8.42. The Morgan fingerprint density at radius 1 is 1.64 bits per heavy atom. The number of hydrogen-bond acceptors (Lipinski definition) is 5. The lowest BCUT2D eigenvalue weighted by Crippen LogP contribution is -1.98. The van der Waals surface area contributed by atoms with Crippen LogP contribution in [0.5, 0.6) is 0 Å². The lowest BCUT2D eigenvalue weighted by molar-refractivity contribution is 0.182. The van der Waals surface area contributed by atoms with Gasteiger partial charge in [0.1, 0.15) is 10.7 Å². The molecule has 0 aliphatic carbocycles. The van der Waals surface area contributed by atoms with Crippen molar-refractivity contribution in [3.05, 3.63) is 5.69 Å². The Morgan fingerprint density at radius 3 is 3.09 bits per heavy atom. The molecule has 1 rings (SSSR count). The highest BCUT2D eigenvalue weighted by molar-refractivity contribution is 7.10. The number of hydrogen-bond donors (Lipinski definition) is 1. The molecule has 1 aromatic rings. The third-order valence-electron chi connectivity index (χ3n) is 1.17. The Hall–Kier alpha value is -0.680. The smallest absolute Gasteiger partial charge is 0.135 e. The number of nitrogens with zero attached hydrogens (tertiary/aromatic N) is 2. The lowest BCUT2D eigenvalue weighted by atomic mass is 10.5. The summed E-state index contributed by atoms with van der Waals surface area (Å²) >= 11 is 1.36. The van der Waals surface area contributed by atoms with E-state index >= 15 is 0 Å². The molecule has 4 nitrogen and oxygen atoms in total. The quantitative estimate of drug-likeness (QED) is 0.741. The van der Waals surface area contributed by atoms with E-state index in [0.29, 0.717) is 6.61 Å². The Balaban J connectivity index is 2.62. The van der Waals surface area contributed by atoms with Crippen molar-refractivity contribution in [3.63, 3.8) is 0 Å². The minimum atomic E-state index is 0.527. The second kappa shape index (κ2) is 4.25. The molecule has 0 bridgehead atoms. The summed E-state index contributed by atoms with van der Waals surface area (Å²) in [5.41, 5.74) is 0.888. The normalized spacial score (nSPS) is 10.0. The highest BCUT2D eigenvalue weighted by atomic mass is 32.1. The zero-order valence-electron chi connectivity index (χ0n) is 6.63. The molecule has 0 aliphatic rings. The van der Waals surface area contributed by atoms with Gasteiger partial charge in [0.15, 0.2) is 0 Å². The first-order valence-electron chi connectivity index (χ1n) is 3.42. The van der Waals surface area contributed by atoms with Gasteiger partial charge in [-0.1, -0.05) is 4.49 Å². The maximum absolute atomic E-state index is 4.94. The zero-order valence-corrected chi connectivity index (χ0v) is 7.44. The van der Waals surface area contributed by atoms with Crippen LogP contribution in [0, 0.1) is 0 Å². The highest BCUT2D eigenvalue weighted by Gasteiger charge is 2.04. The first-order valence-corrected chi connectivity index (χ1v) is 4.19. The van der Waals surface area contributed by atoms with Gasteiger partial charge in [0.05, 0.1) is 6.61 Å². The topological polar surface area (TPSA) is 47.0 Å². The summed E-state index contributed by atoms with van der Waals surface area (Å²) in [6.07, 6.45) is 0. The molecule has 0 radical (unpaired) electrons. The maximum atomic E-state index is 4.94. The molecule has 0 saturated heterocycles. The van der Waals surface area contributed by atoms with Gasteiger partial charge in [-0.05, 0) is 6.92 Å². The number of ether oxygens (including phenoxy) is 1. The molecule has 0 aliphatic heterocycles. The minimum Gasteiger partial charge on any atom is -0.378 e. The van der Waals surface area contributed by atoms with Crippen molar-refractivity contribution in [1.82, 2.24) is 9.59 Å². The van der Waals surface area contributed by atoms with Crippen LogP contribution in [0.3, 0.4) is 0 Å². The van der Waals surface area contributed by atoms with Gasteiger partial charge in [-0.2, -0.15) is 0 Å². The van der Waals surface area contributed by atoms with Gasteiger partial charge >= 0.3 is 0 Å². The maximum Gasteiger partial charge on any atom is 0.135 e. The molecular weight excluding hydrogens is 162 g/mol. The Labute approximate surface area is 69.7 Å². The summed E-state index contributed by atoms with van der Waals surface area (Å²) in [4.78, 5) is 0. The van der Waals surface area contributed by atoms with E-state index < -0.39 is 0 Å². The molecule has 0 unspecified atom stereocenters. The van der Waals surface area contributed by atoms with Crippen molar-refractivity contribution in [2.75, 3.05) is 19.0 Å². The first-order chi connectivity index (χ1) is 5.38. The SMILES string of the molecule is CCNc1snnc1COC. The fourth-order valence-corrected chi connectivity index (χ4v) is 1.37. The summed E-state index contributed by atoms with van der Waals surface area (Å²) < 4.78 is 8.75. The van der Waals surface area contributed by atoms with Gasteiger partial charge < -0.3 is 10.1 Å². The zero-order chi connectivity index (χ0) is 8.10. The molecule has 0 aromatic carbocycles. The molecular formula is C6H11N3OS. The van der Waals surface area contributed by atoms with Gasteiger partial charge in [-0.25, -0.2) is 0 Å². The summed E-state index contributed by atoms with van der Waals surface area (Å²) in [5.74, 6) is 0. The van der Waals surface area contributed by atoms with Crippen LogP contribution >= 0.6 is 11.5 Å². The molecule has 1 N–H and O–H groups in total. The molecule has 62 valence electrons. The van der Waals surface area contributed by atoms with E-state index in [1.807, 2.05) is 6.92 Å². The van der Waals surface area contributed by atoms with Crippen LogP contribution in [0.1, 0.15) is 12.6 Å². The minimum absolute atomic E-state index is 0.527. The number of aromatic nitrogens is 2. The summed E-state index contributed by atoms with van der Waals surface area (Å²) in [6.45, 7) is 3.45. The number of methoxy groups -OCH3 is 1. The lowest BCUT2D eigenvalue weighted by Gasteiger charge is -1.99. The standard InChI is InChI=1S/C6H11N3OS/c1-3-7-6-5(4-10-2)8-9-11-6/h7H,3-4H2,1-2H3. The van der Waals surface area contributed by atoms with Gasteiger partial charge in [0.25, 0.3) is 0 Å². The van der Waals surface area contributed by atoms with Crippen LogP contribution < -0.4 is 5.32 Å². The molecule has 0 fully saturated rings. The largest absolute Gasteiger partial charge is 0.378 e. The highest BCUT2D eigenvalue weighted by Crippen LogP contribution is 2.17. The molecule has 0 amide bonds. The molecule has 0 atom stereocenters. The Kier molecular flexibility index (Phi) is 3.25. The van der Waals surface area contributed by atoms with Gasteiger partial charge in [-0.3, -0.25) is 0 Å². The fourth-order valence-electron chi connectivity index (χ4n) is 0.735. The number of rotatable bonds is 4. The second-order valence-electron chi connectivity index (χ2n) is 2.01. The third kappa shape index (κ3) is 2.13. The Bertz CT molecular complexity index is 193. The van der Waals surface area contributed by atoms with Crippen LogP contribution in [0.15, 0.2) is 0 Å². The van der Waals surface area contributed by atoms with Crippen LogP contribution in [0.2, 0.25) is 0 Å². The second-order valence-corrected chi connectivity index (χ2v) is 2.77. The van der Waals surface area contributed by atoms with Crippen LogP contribution in [0.25, 0.3) is 0 Å². The molecule has 0 spiro atoms. The average Bonchev–Trinajstić information content (AvgIpc) is 2.39. The predicted octanol–water partition coefficient (Wildman–Crippen LogP) is 1.12. The molecule has 11 heavy (non-hydrogen) atoms. The fraction of sp³-hybridized carbons (Fsp3) is 0.667. The van der Waals surface area contributed by atoms with E-state index in [1.54, 1.807) is 7.11 Å². The van der Waals surface area contributed by atoms with E-state index in [4.69, 9.17) is 4.74 Å². The van der Waals surface area contributed by atoms with Gasteiger partial charge in [0, 0.05) is 25.2 Å². The van der Waals surface area contributed by atoms with E-state index in [2.05, 4.69) is 14.9 Å². The average molecular weight is 173 g/mol. The molecule has 1 heterocycles. The van der Waals surface area contributed by atoms with E-state index in [-0.39, 0.29) is 0 Å². The predicted molar refractivity (Wildman–Crippen MR) is 44.8 cm³/mol. The van der Waals surface area contributed by atoms with Crippen molar-refractivity contribution in [2.24, 2.45) is 0 Å². The van der Waals surface area contributed by atoms with Crippen molar-refractivity contribution in [3.8, 4) is 0 Å². The van der Waals surface area contributed by atoms with Crippen LogP contribution in [-0.4, -0.2) is 23.2 Å². The number of nitrogens with one attached hydrogen (secondary N) is 1. The molecule has 1 aromatic heterocycles. The van der Waals surface area contributed by atoms with E-state index in [0.717, 1.165) is 17.2 Å². The van der Waals surface area contributed by atoms with Gasteiger partial charge in [0.2, 0.25) is 0 Å². The number of anilines is 1. The van der Waals surface area contributed by atoms with Crippen molar-refractivity contribution in [2.45, 2.75) is 13.5 Å². The summed E-state index contributed by atoms with van der Waals surface area (Å²) in [5, 5.41) is 8.07. The molecule has 0 saturated carbocycles. The van der Waals surface area contributed by atoms with E-state index in [1.165, 1.54) is 11.5 Å². The van der Waals surface area contributed by atoms with Crippen LogP contribution in [0.4, 0.5) is 5.00 Å². The monoisotopic (exact) mass is 173 g/mol.